The van der Waals surface area contributed by atoms with Gasteiger partial charge in [-0.15, -0.1) is 0 Å². The number of carbonyl (C=O) groups excluding carboxylic acids is 2. The molecule has 0 fully saturated rings. The second-order valence-corrected chi connectivity index (χ2v) is 7.67. The summed E-state index contributed by atoms with van der Waals surface area (Å²) in [5.74, 6) is -1.56. The first-order valence-electron chi connectivity index (χ1n) is 9.81. The van der Waals surface area contributed by atoms with Gasteiger partial charge in [-0.2, -0.15) is 0 Å². The van der Waals surface area contributed by atoms with Crippen LogP contribution in [0.25, 0.3) is 11.1 Å². The molecule has 0 aromatic heterocycles. The van der Waals surface area contributed by atoms with E-state index in [1.54, 1.807) is 6.92 Å². The molecule has 0 radical (unpaired) electrons. The van der Waals surface area contributed by atoms with Crippen molar-refractivity contribution < 1.29 is 14.7 Å². The first-order valence-corrected chi connectivity index (χ1v) is 9.81. The summed E-state index contributed by atoms with van der Waals surface area (Å²) in [5, 5.41) is 15.9. The Labute approximate surface area is 176 Å². The Morgan fingerprint density at radius 1 is 0.867 bits per heavy atom. The number of nitrogens with one attached hydrogen (secondary N) is 2. The van der Waals surface area contributed by atoms with Crippen molar-refractivity contribution >= 4 is 17.5 Å². The molecule has 1 unspecified atom stereocenters. The van der Waals surface area contributed by atoms with Crippen molar-refractivity contribution in [3.63, 3.8) is 0 Å². The molecule has 2 amide bonds. The molecule has 0 aliphatic carbocycles. The quantitative estimate of drug-likeness (QED) is 0.566. The van der Waals surface area contributed by atoms with E-state index >= 15 is 0 Å². The van der Waals surface area contributed by atoms with Crippen LogP contribution in [0.3, 0.4) is 0 Å². The minimum Gasteiger partial charge on any atom is -0.384 e. The standard InChI is InChI=1S/C25H26N2O3/c1-17-9-10-18(2)22(15-17)27-24(29)23(28)26-16-25(3,30)21-13-11-20(12-14-21)19-7-5-4-6-8-19/h4-15,30H,16H2,1-3H3,(H,26,28)(H,27,29). The molecule has 0 aliphatic heterocycles. The van der Waals surface area contributed by atoms with Crippen molar-refractivity contribution in [3.05, 3.63) is 89.5 Å². The second kappa shape index (κ2) is 8.93. The highest BCUT2D eigenvalue weighted by molar-refractivity contribution is 6.39. The molecule has 0 spiro atoms. The molecule has 154 valence electrons. The predicted molar refractivity (Wildman–Crippen MR) is 119 cm³/mol. The van der Waals surface area contributed by atoms with E-state index in [4.69, 9.17) is 0 Å². The maximum Gasteiger partial charge on any atom is 0.313 e. The minimum atomic E-state index is -1.32. The van der Waals surface area contributed by atoms with Crippen molar-refractivity contribution in [3.8, 4) is 11.1 Å². The zero-order valence-corrected chi connectivity index (χ0v) is 17.4. The van der Waals surface area contributed by atoms with Gasteiger partial charge in [0.05, 0.1) is 6.54 Å². The Morgan fingerprint density at radius 3 is 2.17 bits per heavy atom. The molecule has 5 nitrogen and oxygen atoms in total. The average molecular weight is 402 g/mol. The van der Waals surface area contributed by atoms with Gasteiger partial charge < -0.3 is 15.7 Å². The van der Waals surface area contributed by atoms with E-state index < -0.39 is 17.4 Å². The fourth-order valence-electron chi connectivity index (χ4n) is 3.14. The summed E-state index contributed by atoms with van der Waals surface area (Å²) in [6.45, 7) is 5.29. The Bertz CT molecular complexity index is 1040. The molecule has 3 aromatic carbocycles. The maximum atomic E-state index is 12.2. The highest BCUT2D eigenvalue weighted by atomic mass is 16.3. The maximum absolute atomic E-state index is 12.2. The third-order valence-corrected chi connectivity index (χ3v) is 5.05. The van der Waals surface area contributed by atoms with Gasteiger partial charge in [0.15, 0.2) is 0 Å². The van der Waals surface area contributed by atoms with E-state index in [2.05, 4.69) is 10.6 Å². The summed E-state index contributed by atoms with van der Waals surface area (Å²) in [5.41, 5.74) is 3.90. The Hall–Kier alpha value is -3.44. The number of hydrogen-bond acceptors (Lipinski definition) is 3. The van der Waals surface area contributed by atoms with E-state index in [-0.39, 0.29) is 6.54 Å². The number of benzene rings is 3. The number of anilines is 1. The van der Waals surface area contributed by atoms with Crippen LogP contribution >= 0.6 is 0 Å². The topological polar surface area (TPSA) is 78.4 Å². The van der Waals surface area contributed by atoms with Crippen LogP contribution in [0.2, 0.25) is 0 Å². The van der Waals surface area contributed by atoms with Crippen molar-refractivity contribution in [2.45, 2.75) is 26.4 Å². The number of aryl methyl sites for hydroxylation is 2. The molecule has 3 rings (SSSR count). The largest absolute Gasteiger partial charge is 0.384 e. The molecular weight excluding hydrogens is 376 g/mol. The predicted octanol–water partition coefficient (Wildman–Crippen LogP) is 3.93. The van der Waals surface area contributed by atoms with Crippen LogP contribution in [0, 0.1) is 13.8 Å². The number of hydrogen-bond donors (Lipinski definition) is 3. The van der Waals surface area contributed by atoms with Gasteiger partial charge >= 0.3 is 11.8 Å². The summed E-state index contributed by atoms with van der Waals surface area (Å²) >= 11 is 0. The summed E-state index contributed by atoms with van der Waals surface area (Å²) in [6.07, 6.45) is 0. The fraction of sp³-hybridized carbons (Fsp3) is 0.200. The number of rotatable bonds is 5. The minimum absolute atomic E-state index is 0.0866. The lowest BCUT2D eigenvalue weighted by atomic mass is 9.93. The van der Waals surface area contributed by atoms with Crippen LogP contribution in [0.15, 0.2) is 72.8 Å². The molecule has 0 saturated carbocycles. The lowest BCUT2D eigenvalue weighted by molar-refractivity contribution is -0.136. The molecule has 3 aromatic rings. The summed E-state index contributed by atoms with van der Waals surface area (Å²) in [4.78, 5) is 24.5. The van der Waals surface area contributed by atoms with E-state index in [1.165, 1.54) is 0 Å². The zero-order valence-electron chi connectivity index (χ0n) is 17.4. The number of amides is 2. The number of carbonyl (C=O) groups is 2. The van der Waals surface area contributed by atoms with Crippen molar-refractivity contribution in [1.29, 1.82) is 0 Å². The first kappa shape index (κ1) is 21.3. The van der Waals surface area contributed by atoms with Crippen molar-refractivity contribution in [1.82, 2.24) is 5.32 Å². The van der Waals surface area contributed by atoms with Crippen LogP contribution in [0.1, 0.15) is 23.6 Å². The highest BCUT2D eigenvalue weighted by Crippen LogP contribution is 2.25. The summed E-state index contributed by atoms with van der Waals surface area (Å²) < 4.78 is 0. The Kier molecular flexibility index (Phi) is 6.33. The average Bonchev–Trinajstić information content (AvgIpc) is 2.75. The van der Waals surface area contributed by atoms with Crippen molar-refractivity contribution in [2.24, 2.45) is 0 Å². The SMILES string of the molecule is Cc1ccc(C)c(NC(=O)C(=O)NCC(C)(O)c2ccc(-c3ccccc3)cc2)c1. The van der Waals surface area contributed by atoms with Gasteiger partial charge in [0, 0.05) is 5.69 Å². The van der Waals surface area contributed by atoms with Crippen LogP contribution in [-0.4, -0.2) is 23.5 Å². The third-order valence-electron chi connectivity index (χ3n) is 5.05. The van der Waals surface area contributed by atoms with Gasteiger partial charge in [0.1, 0.15) is 5.60 Å². The van der Waals surface area contributed by atoms with Crippen molar-refractivity contribution in [2.75, 3.05) is 11.9 Å². The molecule has 0 heterocycles. The smallest absolute Gasteiger partial charge is 0.313 e. The number of aliphatic hydroxyl groups is 1. The molecule has 0 saturated heterocycles. The second-order valence-electron chi connectivity index (χ2n) is 7.67. The van der Waals surface area contributed by atoms with E-state index in [0.29, 0.717) is 11.3 Å². The lowest BCUT2D eigenvalue weighted by Gasteiger charge is -2.24. The van der Waals surface area contributed by atoms with Gasteiger partial charge in [-0.25, -0.2) is 0 Å². The molecule has 3 N–H and O–H groups in total. The fourth-order valence-corrected chi connectivity index (χ4v) is 3.14. The zero-order chi connectivity index (χ0) is 21.7. The third kappa shape index (κ3) is 5.13. The van der Waals surface area contributed by atoms with Crippen LogP contribution in [0.4, 0.5) is 5.69 Å². The van der Waals surface area contributed by atoms with E-state index in [0.717, 1.165) is 22.3 Å². The molecule has 1 atom stereocenters. The molecular formula is C25H26N2O3. The summed E-state index contributed by atoms with van der Waals surface area (Å²) in [6, 6.07) is 23.1. The monoisotopic (exact) mass is 402 g/mol. The van der Waals surface area contributed by atoms with Gasteiger partial charge in [0.2, 0.25) is 0 Å². The van der Waals surface area contributed by atoms with Gasteiger partial charge in [-0.3, -0.25) is 9.59 Å². The Balaban J connectivity index is 1.61. The molecule has 5 heteroatoms. The highest BCUT2D eigenvalue weighted by Gasteiger charge is 2.25. The summed E-state index contributed by atoms with van der Waals surface area (Å²) in [7, 11) is 0. The van der Waals surface area contributed by atoms with E-state index in [9.17, 15) is 14.7 Å². The molecule has 0 aliphatic rings. The van der Waals surface area contributed by atoms with E-state index in [1.807, 2.05) is 86.6 Å². The van der Waals surface area contributed by atoms with Gasteiger partial charge in [-0.05, 0) is 54.7 Å². The first-order chi connectivity index (χ1) is 14.3. The van der Waals surface area contributed by atoms with Crippen LogP contribution < -0.4 is 10.6 Å². The van der Waals surface area contributed by atoms with Crippen LogP contribution in [-0.2, 0) is 15.2 Å². The van der Waals surface area contributed by atoms with Crippen LogP contribution in [0.5, 0.6) is 0 Å². The molecule has 30 heavy (non-hydrogen) atoms. The van der Waals surface area contributed by atoms with Gasteiger partial charge in [0.25, 0.3) is 0 Å². The normalized spacial score (nSPS) is 12.7. The Morgan fingerprint density at radius 2 is 1.50 bits per heavy atom. The molecule has 0 bridgehead atoms. The van der Waals surface area contributed by atoms with Gasteiger partial charge in [-0.1, -0.05) is 66.7 Å². The lowest BCUT2D eigenvalue weighted by Crippen LogP contribution is -2.43.